The summed E-state index contributed by atoms with van der Waals surface area (Å²) >= 11 is 0. The van der Waals surface area contributed by atoms with Gasteiger partial charge in [-0.15, -0.1) is 13.2 Å². The van der Waals surface area contributed by atoms with Crippen molar-refractivity contribution in [3.05, 3.63) is 77.5 Å². The molecule has 2 amide bonds. The van der Waals surface area contributed by atoms with Gasteiger partial charge in [-0.25, -0.2) is 18.3 Å². The minimum absolute atomic E-state index is 0.0288. The Hall–Kier alpha value is -4.42. The molecule has 2 aromatic carbocycles. The summed E-state index contributed by atoms with van der Waals surface area (Å²) in [7, 11) is 2.70. The number of benzene rings is 2. The van der Waals surface area contributed by atoms with Gasteiger partial charge in [-0.05, 0) is 48.0 Å². The summed E-state index contributed by atoms with van der Waals surface area (Å²) in [5.74, 6) is -3.52. The largest absolute Gasteiger partial charge is 0.573 e. The third-order valence-corrected chi connectivity index (χ3v) is 5.41. The van der Waals surface area contributed by atoms with Crippen LogP contribution in [0.2, 0.25) is 0 Å². The highest BCUT2D eigenvalue weighted by atomic mass is 19.4. The van der Waals surface area contributed by atoms with Crippen molar-refractivity contribution in [1.82, 2.24) is 19.9 Å². The van der Waals surface area contributed by atoms with Crippen LogP contribution in [0.4, 0.5) is 27.8 Å². The molecule has 15 heteroatoms. The lowest BCUT2D eigenvalue weighted by molar-refractivity contribution is -0.274. The number of amides is 2. The normalized spacial score (nSPS) is 11.8. The molecule has 4 rings (SSSR count). The van der Waals surface area contributed by atoms with E-state index in [1.807, 2.05) is 0 Å². The molecule has 0 radical (unpaired) electrons. The van der Waals surface area contributed by atoms with Crippen LogP contribution in [0.15, 0.2) is 54.7 Å². The topological polar surface area (TPSA) is 97.6 Å². The first-order chi connectivity index (χ1) is 17.7. The molecule has 0 aliphatic rings. The molecule has 2 heterocycles. The lowest BCUT2D eigenvalue weighted by atomic mass is 9.58. The number of anilines is 1. The monoisotopic (exact) mass is 529 g/mol. The van der Waals surface area contributed by atoms with Crippen molar-refractivity contribution in [2.24, 2.45) is 0 Å². The lowest BCUT2D eigenvalue weighted by Crippen LogP contribution is -2.47. The number of aromatic nitrogens is 3. The number of imidazole rings is 1. The van der Waals surface area contributed by atoms with E-state index in [0.29, 0.717) is 5.65 Å². The Morgan fingerprint density at radius 1 is 1.05 bits per heavy atom. The summed E-state index contributed by atoms with van der Waals surface area (Å²) in [5.41, 5.74) is -0.193. The predicted molar refractivity (Wildman–Crippen MR) is 132 cm³/mol. The maximum absolute atomic E-state index is 15.5. The molecule has 38 heavy (non-hydrogen) atoms. The Kier molecular flexibility index (Phi) is 6.87. The molecule has 0 aliphatic heterocycles. The fraction of sp³-hybridized carbons (Fsp3) is 0.130. The average molecular weight is 529 g/mol. The highest BCUT2D eigenvalue weighted by Gasteiger charge is 2.33. The van der Waals surface area contributed by atoms with Crippen molar-refractivity contribution in [3.8, 4) is 17.0 Å². The second kappa shape index (κ2) is 9.80. The maximum Gasteiger partial charge on any atom is 0.573 e. The Morgan fingerprint density at radius 2 is 1.79 bits per heavy atom. The van der Waals surface area contributed by atoms with Gasteiger partial charge in [-0.1, -0.05) is 6.07 Å². The van der Waals surface area contributed by atoms with Crippen LogP contribution in [0.25, 0.3) is 16.9 Å². The summed E-state index contributed by atoms with van der Waals surface area (Å²) in [6, 6.07) is 9.43. The van der Waals surface area contributed by atoms with E-state index >= 15 is 4.39 Å². The number of carbonyl (C=O) groups excluding carboxylic acids is 2. The van der Waals surface area contributed by atoms with E-state index in [2.05, 4.69) is 25.5 Å². The molecule has 0 unspecified atom stereocenters. The third-order valence-electron chi connectivity index (χ3n) is 5.41. The first-order valence-corrected chi connectivity index (χ1v) is 11.0. The van der Waals surface area contributed by atoms with Crippen molar-refractivity contribution < 1.29 is 36.3 Å². The van der Waals surface area contributed by atoms with Crippen molar-refractivity contribution >= 4 is 39.0 Å². The number of halogens is 5. The van der Waals surface area contributed by atoms with Gasteiger partial charge in [0.1, 0.15) is 33.1 Å². The number of rotatable bonds is 6. The zero-order valence-electron chi connectivity index (χ0n) is 20.2. The molecule has 4 aromatic rings. The van der Waals surface area contributed by atoms with Gasteiger partial charge in [0.05, 0.1) is 17.5 Å². The van der Waals surface area contributed by atoms with Gasteiger partial charge in [-0.2, -0.15) is 5.10 Å². The van der Waals surface area contributed by atoms with Gasteiger partial charge in [-0.3, -0.25) is 9.59 Å². The maximum atomic E-state index is 15.5. The zero-order chi connectivity index (χ0) is 27.8. The van der Waals surface area contributed by atoms with Gasteiger partial charge >= 0.3 is 6.36 Å². The molecule has 2 aromatic heterocycles. The number of hydrogen-bond donors (Lipinski definition) is 2. The molecular formula is C23H18B2F5N5O3. The second-order valence-electron chi connectivity index (χ2n) is 8.76. The van der Waals surface area contributed by atoms with Crippen LogP contribution < -0.4 is 15.4 Å². The number of nitrogens with one attached hydrogen (secondary N) is 2. The number of hydrogen-bond acceptors (Lipinski definition) is 5. The highest BCUT2D eigenvalue weighted by molar-refractivity contribution is 6.41. The summed E-state index contributed by atoms with van der Waals surface area (Å²) in [6.07, 6.45) is -3.56. The minimum Gasteiger partial charge on any atom is -0.406 e. The number of nitrogens with zero attached hydrogens (tertiary/aromatic N) is 3. The molecule has 194 valence electrons. The smallest absolute Gasteiger partial charge is 0.406 e. The van der Waals surface area contributed by atoms with Crippen molar-refractivity contribution in [3.63, 3.8) is 0 Å². The van der Waals surface area contributed by atoms with Crippen LogP contribution in [0.3, 0.4) is 0 Å². The number of carbonyl (C=O) groups is 2. The van der Waals surface area contributed by atoms with Gasteiger partial charge in [0.2, 0.25) is 5.91 Å². The van der Waals surface area contributed by atoms with Gasteiger partial charge in [0, 0.05) is 17.8 Å². The van der Waals surface area contributed by atoms with Crippen molar-refractivity contribution in [1.29, 1.82) is 0 Å². The van der Waals surface area contributed by atoms with E-state index < -0.39 is 40.6 Å². The van der Waals surface area contributed by atoms with Gasteiger partial charge in [0.15, 0.2) is 11.5 Å². The molecule has 0 spiro atoms. The van der Waals surface area contributed by atoms with E-state index in [0.717, 1.165) is 18.2 Å². The van der Waals surface area contributed by atoms with Gasteiger partial charge in [0.25, 0.3) is 5.91 Å². The van der Waals surface area contributed by atoms with Crippen LogP contribution >= 0.6 is 0 Å². The lowest BCUT2D eigenvalue weighted by Gasteiger charge is -2.28. The first kappa shape index (κ1) is 26.6. The van der Waals surface area contributed by atoms with Crippen LogP contribution in [-0.4, -0.2) is 48.5 Å². The van der Waals surface area contributed by atoms with Crippen molar-refractivity contribution in [2.75, 3.05) is 5.32 Å². The predicted octanol–water partition coefficient (Wildman–Crippen LogP) is 2.34. The second-order valence-corrected chi connectivity index (χ2v) is 8.76. The van der Waals surface area contributed by atoms with Crippen LogP contribution in [0.1, 0.15) is 22.8 Å². The number of fused-ring (bicyclic) bond motifs is 1. The molecule has 0 aliphatic carbocycles. The molecule has 0 atom stereocenters. The molecule has 0 bridgehead atoms. The summed E-state index contributed by atoms with van der Waals surface area (Å²) < 4.78 is 73.0. The Morgan fingerprint density at radius 3 is 2.47 bits per heavy atom. The zero-order valence-corrected chi connectivity index (χ0v) is 20.2. The first-order valence-electron chi connectivity index (χ1n) is 11.0. The fourth-order valence-corrected chi connectivity index (χ4v) is 3.77. The molecular weight excluding hydrogens is 511 g/mol. The Labute approximate surface area is 214 Å². The molecule has 0 fully saturated rings. The third kappa shape index (κ3) is 5.76. The molecule has 2 N–H and O–H groups in total. The van der Waals surface area contributed by atoms with Crippen LogP contribution in [-0.2, 0) is 10.1 Å². The SMILES string of the molecule is BC(B)(NC(=O)c1cccc(-c2ccc3nc(NC(C)=O)cn3n2)c1F)c1cc(OC(F)(F)F)ccc1F. The summed E-state index contributed by atoms with van der Waals surface area (Å²) in [5, 5.41) is 7.70. The number of ether oxygens (including phenoxy) is 1. The Bertz CT molecular complexity index is 1560. The minimum atomic E-state index is -4.99. The fourth-order valence-electron chi connectivity index (χ4n) is 3.77. The van der Waals surface area contributed by atoms with Gasteiger partial charge < -0.3 is 15.4 Å². The van der Waals surface area contributed by atoms with E-state index in [1.54, 1.807) is 6.07 Å². The van der Waals surface area contributed by atoms with E-state index in [1.165, 1.54) is 57.6 Å². The van der Waals surface area contributed by atoms with Crippen LogP contribution in [0.5, 0.6) is 5.75 Å². The highest BCUT2D eigenvalue weighted by Crippen LogP contribution is 2.29. The standard InChI is InChI=1S/C23H18B2F5N5O3/c1-11(36)31-18-10-35-19(32-18)8-7-17(34-35)13-3-2-4-14(20(13)27)21(37)33-22(24,25)15-9-12(5-6-16(15)26)38-23(28,29)30/h2-10H,24-25H2,1H3,(H,31,36)(H,33,37). The molecule has 8 nitrogen and oxygen atoms in total. The quantitative estimate of drug-likeness (QED) is 0.296. The van der Waals surface area contributed by atoms with Crippen LogP contribution in [0, 0.1) is 11.6 Å². The number of alkyl halides is 3. The average Bonchev–Trinajstić information content (AvgIpc) is 3.19. The van der Waals surface area contributed by atoms with E-state index in [4.69, 9.17) is 0 Å². The Balaban J connectivity index is 1.63. The molecule has 0 saturated heterocycles. The summed E-state index contributed by atoms with van der Waals surface area (Å²) in [6.45, 7) is 1.32. The van der Waals surface area contributed by atoms with E-state index in [-0.39, 0.29) is 28.5 Å². The molecule has 0 saturated carbocycles. The summed E-state index contributed by atoms with van der Waals surface area (Å²) in [4.78, 5) is 28.5. The van der Waals surface area contributed by atoms with E-state index in [9.17, 15) is 27.2 Å². The van der Waals surface area contributed by atoms with Crippen molar-refractivity contribution in [2.45, 2.75) is 18.6 Å².